The third kappa shape index (κ3) is 3.51. The number of aryl methyl sites for hydroxylation is 2. The molecule has 0 saturated heterocycles. The van der Waals surface area contributed by atoms with Crippen LogP contribution >= 0.6 is 0 Å². The highest BCUT2D eigenvalue weighted by molar-refractivity contribution is 5.32. The lowest BCUT2D eigenvalue weighted by Crippen LogP contribution is -2.03. The van der Waals surface area contributed by atoms with Crippen LogP contribution in [0.25, 0.3) is 0 Å². The van der Waals surface area contributed by atoms with Crippen LogP contribution in [0.1, 0.15) is 16.8 Å². The second-order valence-electron chi connectivity index (χ2n) is 4.32. The molecule has 0 radical (unpaired) electrons. The number of methoxy groups -OCH3 is 1. The van der Waals surface area contributed by atoms with Gasteiger partial charge in [0.25, 0.3) is 0 Å². The molecule has 0 aliphatic heterocycles. The van der Waals surface area contributed by atoms with Gasteiger partial charge in [-0.3, -0.25) is 4.98 Å². The third-order valence-corrected chi connectivity index (χ3v) is 3.03. The Hall–Kier alpha value is -1.94. The molecule has 0 amide bonds. The van der Waals surface area contributed by atoms with Crippen molar-refractivity contribution in [3.8, 4) is 5.75 Å². The summed E-state index contributed by atoms with van der Waals surface area (Å²) in [4.78, 5) is 4.34. The van der Waals surface area contributed by atoms with E-state index in [0.717, 1.165) is 29.7 Å². The first-order valence-corrected chi connectivity index (χ1v) is 6.19. The number of benzene rings is 1. The average molecular weight is 260 g/mol. The Morgan fingerprint density at radius 1 is 1.21 bits per heavy atom. The van der Waals surface area contributed by atoms with Gasteiger partial charge in [-0.2, -0.15) is 0 Å². The van der Waals surface area contributed by atoms with Gasteiger partial charge >= 0.3 is 0 Å². The summed E-state index contributed by atoms with van der Waals surface area (Å²) in [5.74, 6) is 0.504. The molecule has 0 saturated carbocycles. The Balaban J connectivity index is 2.05. The average Bonchev–Trinajstić information content (AvgIpc) is 2.46. The largest absolute Gasteiger partial charge is 0.495 e. The Kier molecular flexibility index (Phi) is 4.47. The molecule has 4 heteroatoms. The summed E-state index contributed by atoms with van der Waals surface area (Å²) in [6.07, 6.45) is 3.31. The molecule has 0 bridgehead atoms. The first kappa shape index (κ1) is 13.5. The van der Waals surface area contributed by atoms with Crippen molar-refractivity contribution in [3.05, 3.63) is 59.2 Å². The number of rotatable bonds is 5. The van der Waals surface area contributed by atoms with Crippen LogP contribution < -0.4 is 10.5 Å². The van der Waals surface area contributed by atoms with E-state index < -0.39 is 0 Å². The standard InChI is InChI=1S/C15H17FN2O/c1-19-15-10-18-14(8-12(15)9-17)7-4-11-2-5-13(16)6-3-11/h2-3,5-6,8,10H,4,7,9,17H2,1H3. The molecule has 1 heterocycles. The Labute approximate surface area is 112 Å². The van der Waals surface area contributed by atoms with Gasteiger partial charge < -0.3 is 10.5 Å². The van der Waals surface area contributed by atoms with Crippen LogP contribution in [-0.2, 0) is 19.4 Å². The van der Waals surface area contributed by atoms with Gasteiger partial charge in [0.15, 0.2) is 0 Å². The number of aromatic nitrogens is 1. The topological polar surface area (TPSA) is 48.1 Å². The van der Waals surface area contributed by atoms with E-state index in [4.69, 9.17) is 10.5 Å². The van der Waals surface area contributed by atoms with E-state index >= 15 is 0 Å². The van der Waals surface area contributed by atoms with Crippen molar-refractivity contribution in [3.63, 3.8) is 0 Å². The molecule has 0 fully saturated rings. The van der Waals surface area contributed by atoms with Crippen LogP contribution in [0.2, 0.25) is 0 Å². The van der Waals surface area contributed by atoms with Crippen molar-refractivity contribution in [2.45, 2.75) is 19.4 Å². The van der Waals surface area contributed by atoms with Crippen LogP contribution in [0, 0.1) is 5.82 Å². The number of halogens is 1. The summed E-state index contributed by atoms with van der Waals surface area (Å²) < 4.78 is 18.0. The van der Waals surface area contributed by atoms with E-state index in [9.17, 15) is 4.39 Å². The van der Waals surface area contributed by atoms with Gasteiger partial charge in [-0.05, 0) is 36.6 Å². The minimum absolute atomic E-state index is 0.211. The van der Waals surface area contributed by atoms with Crippen molar-refractivity contribution in [2.24, 2.45) is 5.73 Å². The van der Waals surface area contributed by atoms with E-state index in [1.54, 1.807) is 25.4 Å². The van der Waals surface area contributed by atoms with Crippen molar-refractivity contribution in [2.75, 3.05) is 7.11 Å². The lowest BCUT2D eigenvalue weighted by atomic mass is 10.1. The second kappa shape index (κ2) is 6.29. The van der Waals surface area contributed by atoms with E-state index in [1.165, 1.54) is 12.1 Å². The summed E-state index contributed by atoms with van der Waals surface area (Å²) in [5.41, 5.74) is 8.67. The molecule has 1 aromatic carbocycles. The molecule has 2 rings (SSSR count). The molecule has 100 valence electrons. The fourth-order valence-corrected chi connectivity index (χ4v) is 1.94. The van der Waals surface area contributed by atoms with Crippen molar-refractivity contribution < 1.29 is 9.13 Å². The van der Waals surface area contributed by atoms with Crippen LogP contribution in [-0.4, -0.2) is 12.1 Å². The monoisotopic (exact) mass is 260 g/mol. The van der Waals surface area contributed by atoms with Crippen molar-refractivity contribution in [1.82, 2.24) is 4.98 Å². The number of hydrogen-bond acceptors (Lipinski definition) is 3. The summed E-state index contributed by atoms with van der Waals surface area (Å²) in [7, 11) is 1.61. The SMILES string of the molecule is COc1cnc(CCc2ccc(F)cc2)cc1CN. The summed E-state index contributed by atoms with van der Waals surface area (Å²) in [6.45, 7) is 0.426. The molecule has 0 spiro atoms. The summed E-state index contributed by atoms with van der Waals surface area (Å²) in [5, 5.41) is 0. The zero-order chi connectivity index (χ0) is 13.7. The second-order valence-corrected chi connectivity index (χ2v) is 4.32. The van der Waals surface area contributed by atoms with E-state index in [1.807, 2.05) is 6.07 Å². The van der Waals surface area contributed by atoms with E-state index in [2.05, 4.69) is 4.98 Å². The van der Waals surface area contributed by atoms with Gasteiger partial charge in [0.05, 0.1) is 13.3 Å². The first-order chi connectivity index (χ1) is 9.22. The van der Waals surface area contributed by atoms with Gasteiger partial charge in [-0.1, -0.05) is 12.1 Å². The van der Waals surface area contributed by atoms with Crippen molar-refractivity contribution in [1.29, 1.82) is 0 Å². The number of nitrogens with zero attached hydrogens (tertiary/aromatic N) is 1. The molecule has 0 aliphatic rings. The van der Waals surface area contributed by atoms with Crippen LogP contribution in [0.4, 0.5) is 4.39 Å². The summed E-state index contributed by atoms with van der Waals surface area (Å²) >= 11 is 0. The minimum Gasteiger partial charge on any atom is -0.495 e. The van der Waals surface area contributed by atoms with Gasteiger partial charge in [0.2, 0.25) is 0 Å². The number of pyridine rings is 1. The zero-order valence-electron chi connectivity index (χ0n) is 10.9. The molecule has 0 aliphatic carbocycles. The van der Waals surface area contributed by atoms with Gasteiger partial charge in [-0.15, -0.1) is 0 Å². The molecular formula is C15H17FN2O. The highest BCUT2D eigenvalue weighted by atomic mass is 19.1. The molecule has 19 heavy (non-hydrogen) atoms. The quantitative estimate of drug-likeness (QED) is 0.898. The van der Waals surface area contributed by atoms with Gasteiger partial charge in [0.1, 0.15) is 11.6 Å². The highest BCUT2D eigenvalue weighted by Crippen LogP contribution is 2.18. The maximum atomic E-state index is 12.8. The lowest BCUT2D eigenvalue weighted by molar-refractivity contribution is 0.407. The normalized spacial score (nSPS) is 10.5. The first-order valence-electron chi connectivity index (χ1n) is 6.19. The molecule has 0 unspecified atom stereocenters. The fourth-order valence-electron chi connectivity index (χ4n) is 1.94. The summed E-state index contributed by atoms with van der Waals surface area (Å²) in [6, 6.07) is 8.50. The Bertz CT molecular complexity index is 540. The third-order valence-electron chi connectivity index (χ3n) is 3.03. The smallest absolute Gasteiger partial charge is 0.141 e. The number of hydrogen-bond donors (Lipinski definition) is 1. The van der Waals surface area contributed by atoms with E-state index in [-0.39, 0.29) is 5.82 Å². The predicted octanol–water partition coefficient (Wildman–Crippen LogP) is 2.47. The molecule has 1 aromatic heterocycles. The van der Waals surface area contributed by atoms with Crippen molar-refractivity contribution >= 4 is 0 Å². The molecule has 3 nitrogen and oxygen atoms in total. The minimum atomic E-state index is -0.211. The number of ether oxygens (including phenoxy) is 1. The molecule has 0 atom stereocenters. The number of nitrogens with two attached hydrogens (primary N) is 1. The highest BCUT2D eigenvalue weighted by Gasteiger charge is 2.04. The zero-order valence-corrected chi connectivity index (χ0v) is 10.9. The lowest BCUT2D eigenvalue weighted by Gasteiger charge is -2.08. The van der Waals surface area contributed by atoms with Gasteiger partial charge in [0, 0.05) is 17.8 Å². The Morgan fingerprint density at radius 3 is 2.58 bits per heavy atom. The maximum absolute atomic E-state index is 12.8. The van der Waals surface area contributed by atoms with Crippen LogP contribution in [0.5, 0.6) is 5.75 Å². The molecule has 2 N–H and O–H groups in total. The Morgan fingerprint density at radius 2 is 1.95 bits per heavy atom. The van der Waals surface area contributed by atoms with Crippen LogP contribution in [0.3, 0.4) is 0 Å². The molecular weight excluding hydrogens is 243 g/mol. The fraction of sp³-hybridized carbons (Fsp3) is 0.267. The maximum Gasteiger partial charge on any atom is 0.141 e. The van der Waals surface area contributed by atoms with Gasteiger partial charge in [-0.25, -0.2) is 4.39 Å². The predicted molar refractivity (Wildman–Crippen MR) is 72.5 cm³/mol. The van der Waals surface area contributed by atoms with E-state index in [0.29, 0.717) is 12.3 Å². The molecule has 2 aromatic rings. The van der Waals surface area contributed by atoms with Crippen LogP contribution in [0.15, 0.2) is 36.5 Å².